The Labute approximate surface area is 111 Å². The number of aliphatic hydroxyl groups is 1. The summed E-state index contributed by atoms with van der Waals surface area (Å²) < 4.78 is 0. The van der Waals surface area contributed by atoms with E-state index in [1.54, 1.807) is 12.1 Å². The number of nitrogens with one attached hydrogen (secondary N) is 1. The van der Waals surface area contributed by atoms with E-state index in [1.807, 2.05) is 0 Å². The minimum Gasteiger partial charge on any atom is -0.513 e. The largest absolute Gasteiger partial charge is 0.513 e. The van der Waals surface area contributed by atoms with E-state index >= 15 is 0 Å². The maximum absolute atomic E-state index is 11.8. The predicted molar refractivity (Wildman–Crippen MR) is 70.8 cm³/mol. The zero-order valence-corrected chi connectivity index (χ0v) is 10.7. The SMILES string of the molecule is C=C(O)C[C@@](C)(C=O)NC(=O)Cc1ccc(O)cc1. The molecule has 0 unspecified atom stereocenters. The number of amides is 1. The summed E-state index contributed by atoms with van der Waals surface area (Å²) in [4.78, 5) is 22.8. The van der Waals surface area contributed by atoms with Gasteiger partial charge in [-0.15, -0.1) is 0 Å². The van der Waals surface area contributed by atoms with Gasteiger partial charge < -0.3 is 20.3 Å². The highest BCUT2D eigenvalue weighted by atomic mass is 16.3. The Morgan fingerprint density at radius 3 is 2.47 bits per heavy atom. The number of phenolic OH excluding ortho intramolecular Hbond substituents is 1. The Kier molecular flexibility index (Phi) is 4.69. The highest BCUT2D eigenvalue weighted by molar-refractivity contribution is 5.83. The van der Waals surface area contributed by atoms with Gasteiger partial charge in [-0.1, -0.05) is 18.7 Å². The minimum absolute atomic E-state index is 0.0299. The van der Waals surface area contributed by atoms with Crippen LogP contribution in [0.4, 0.5) is 0 Å². The molecule has 0 aliphatic carbocycles. The average molecular weight is 263 g/mol. The van der Waals surface area contributed by atoms with E-state index in [1.165, 1.54) is 19.1 Å². The summed E-state index contributed by atoms with van der Waals surface area (Å²) in [6.07, 6.45) is 0.628. The lowest BCUT2D eigenvalue weighted by atomic mass is 9.98. The zero-order valence-electron chi connectivity index (χ0n) is 10.7. The molecule has 1 atom stereocenters. The number of aliphatic hydroxyl groups excluding tert-OH is 1. The first-order valence-electron chi connectivity index (χ1n) is 5.76. The van der Waals surface area contributed by atoms with Gasteiger partial charge in [-0.3, -0.25) is 4.79 Å². The van der Waals surface area contributed by atoms with E-state index in [9.17, 15) is 9.59 Å². The van der Waals surface area contributed by atoms with E-state index in [0.29, 0.717) is 11.8 Å². The highest BCUT2D eigenvalue weighted by Crippen LogP contribution is 2.13. The summed E-state index contributed by atoms with van der Waals surface area (Å²) >= 11 is 0. The zero-order chi connectivity index (χ0) is 14.5. The van der Waals surface area contributed by atoms with Crippen molar-refractivity contribution in [3.05, 3.63) is 42.2 Å². The van der Waals surface area contributed by atoms with Crippen LogP contribution in [0.3, 0.4) is 0 Å². The molecule has 0 saturated heterocycles. The van der Waals surface area contributed by atoms with E-state index in [-0.39, 0.29) is 30.3 Å². The molecule has 102 valence electrons. The number of carbonyl (C=O) groups excluding carboxylic acids is 2. The van der Waals surface area contributed by atoms with Crippen LogP contribution in [-0.4, -0.2) is 27.9 Å². The minimum atomic E-state index is -1.17. The first kappa shape index (κ1) is 14.8. The Balaban J connectivity index is 2.65. The first-order valence-corrected chi connectivity index (χ1v) is 5.76. The number of aldehydes is 1. The fourth-order valence-corrected chi connectivity index (χ4v) is 1.70. The summed E-state index contributed by atoms with van der Waals surface area (Å²) in [5.41, 5.74) is -0.453. The lowest BCUT2D eigenvalue weighted by Gasteiger charge is -2.24. The van der Waals surface area contributed by atoms with Crippen LogP contribution in [0.1, 0.15) is 18.9 Å². The molecule has 5 nitrogen and oxygen atoms in total. The number of benzene rings is 1. The van der Waals surface area contributed by atoms with Crippen LogP contribution in [0.2, 0.25) is 0 Å². The van der Waals surface area contributed by atoms with Crippen LogP contribution in [0.5, 0.6) is 5.75 Å². The second kappa shape index (κ2) is 6.04. The highest BCUT2D eigenvalue weighted by Gasteiger charge is 2.26. The van der Waals surface area contributed by atoms with Gasteiger partial charge in [0, 0.05) is 6.42 Å². The van der Waals surface area contributed by atoms with E-state index in [4.69, 9.17) is 10.2 Å². The van der Waals surface area contributed by atoms with Gasteiger partial charge >= 0.3 is 0 Å². The van der Waals surface area contributed by atoms with Crippen molar-refractivity contribution in [2.45, 2.75) is 25.3 Å². The number of phenols is 1. The van der Waals surface area contributed by atoms with Crippen molar-refractivity contribution >= 4 is 12.2 Å². The maximum atomic E-state index is 11.8. The molecule has 0 aliphatic rings. The Bertz CT molecular complexity index is 481. The van der Waals surface area contributed by atoms with Crippen molar-refractivity contribution in [3.63, 3.8) is 0 Å². The maximum Gasteiger partial charge on any atom is 0.225 e. The molecular weight excluding hydrogens is 246 g/mol. The van der Waals surface area contributed by atoms with Crippen molar-refractivity contribution in [2.75, 3.05) is 0 Å². The van der Waals surface area contributed by atoms with Gasteiger partial charge in [-0.2, -0.15) is 0 Å². The van der Waals surface area contributed by atoms with E-state index in [2.05, 4.69) is 11.9 Å². The lowest BCUT2D eigenvalue weighted by molar-refractivity contribution is -0.125. The summed E-state index contributed by atoms with van der Waals surface area (Å²) in [6, 6.07) is 6.21. The third-order valence-electron chi connectivity index (χ3n) is 2.56. The number of aromatic hydroxyl groups is 1. The molecule has 0 aliphatic heterocycles. The van der Waals surface area contributed by atoms with Crippen molar-refractivity contribution < 1.29 is 19.8 Å². The molecule has 1 aromatic rings. The monoisotopic (exact) mass is 263 g/mol. The average Bonchev–Trinajstić information content (AvgIpc) is 2.31. The second-order valence-electron chi connectivity index (χ2n) is 4.67. The molecule has 3 N–H and O–H groups in total. The molecule has 5 heteroatoms. The fourth-order valence-electron chi connectivity index (χ4n) is 1.70. The number of carbonyl (C=O) groups is 2. The first-order chi connectivity index (χ1) is 8.84. The van der Waals surface area contributed by atoms with Gasteiger partial charge in [0.15, 0.2) is 0 Å². The number of hydrogen-bond donors (Lipinski definition) is 3. The summed E-state index contributed by atoms with van der Waals surface area (Å²) in [7, 11) is 0. The van der Waals surface area contributed by atoms with Gasteiger partial charge in [0.05, 0.1) is 17.7 Å². The van der Waals surface area contributed by atoms with Crippen molar-refractivity contribution in [1.82, 2.24) is 5.32 Å². The topological polar surface area (TPSA) is 86.6 Å². The molecular formula is C14H17NO4. The normalized spacial score (nSPS) is 13.3. The summed E-state index contributed by atoms with van der Waals surface area (Å²) in [6.45, 7) is 4.82. The van der Waals surface area contributed by atoms with Crippen LogP contribution in [0.15, 0.2) is 36.6 Å². The third-order valence-corrected chi connectivity index (χ3v) is 2.56. The molecule has 1 rings (SSSR count). The van der Waals surface area contributed by atoms with Crippen LogP contribution < -0.4 is 5.32 Å². The second-order valence-corrected chi connectivity index (χ2v) is 4.67. The standard InChI is InChI=1S/C14H17NO4/c1-10(17)8-14(2,9-16)15-13(19)7-11-3-5-12(18)6-4-11/h3-6,9,17-18H,1,7-8H2,2H3,(H,15,19)/t14-/m0/s1. The van der Waals surface area contributed by atoms with Gasteiger partial charge in [0.25, 0.3) is 0 Å². The molecule has 0 spiro atoms. The van der Waals surface area contributed by atoms with Gasteiger partial charge in [-0.25, -0.2) is 0 Å². The fraction of sp³-hybridized carbons (Fsp3) is 0.286. The number of hydrogen-bond acceptors (Lipinski definition) is 4. The molecule has 19 heavy (non-hydrogen) atoms. The van der Waals surface area contributed by atoms with Crippen molar-refractivity contribution in [2.24, 2.45) is 0 Å². The summed E-state index contributed by atoms with van der Waals surface area (Å²) in [5.74, 6) is -0.389. The van der Waals surface area contributed by atoms with Gasteiger partial charge in [0.1, 0.15) is 12.0 Å². The van der Waals surface area contributed by atoms with Crippen LogP contribution in [0.25, 0.3) is 0 Å². The molecule has 0 bridgehead atoms. The lowest BCUT2D eigenvalue weighted by Crippen LogP contribution is -2.48. The molecule has 0 heterocycles. The van der Waals surface area contributed by atoms with E-state index in [0.717, 1.165) is 0 Å². The van der Waals surface area contributed by atoms with Crippen molar-refractivity contribution in [1.29, 1.82) is 0 Å². The van der Waals surface area contributed by atoms with Crippen LogP contribution >= 0.6 is 0 Å². The Morgan fingerprint density at radius 2 is 2.00 bits per heavy atom. The van der Waals surface area contributed by atoms with E-state index < -0.39 is 5.54 Å². The Hall–Kier alpha value is -2.30. The van der Waals surface area contributed by atoms with Crippen molar-refractivity contribution in [3.8, 4) is 5.75 Å². The molecule has 0 saturated carbocycles. The quantitative estimate of drug-likeness (QED) is 0.536. The third kappa shape index (κ3) is 4.83. The van der Waals surface area contributed by atoms with Crippen LogP contribution in [0, 0.1) is 0 Å². The Morgan fingerprint density at radius 1 is 1.42 bits per heavy atom. The number of rotatable bonds is 6. The van der Waals surface area contributed by atoms with Gasteiger partial charge in [0.2, 0.25) is 5.91 Å². The smallest absolute Gasteiger partial charge is 0.225 e. The van der Waals surface area contributed by atoms with Crippen LogP contribution in [-0.2, 0) is 16.0 Å². The molecule has 1 aromatic carbocycles. The molecule has 0 fully saturated rings. The van der Waals surface area contributed by atoms with Gasteiger partial charge in [-0.05, 0) is 24.6 Å². The molecule has 0 aromatic heterocycles. The predicted octanol–water partition coefficient (Wildman–Crippen LogP) is 1.47. The molecule has 0 radical (unpaired) electrons. The summed E-state index contributed by atoms with van der Waals surface area (Å²) in [5, 5.41) is 20.8. The molecule has 1 amide bonds.